The fourth-order valence-corrected chi connectivity index (χ4v) is 2.43. The van der Waals surface area contributed by atoms with Gasteiger partial charge in [-0.3, -0.25) is 0 Å². The maximum atomic E-state index is 11.0. The van der Waals surface area contributed by atoms with E-state index in [9.17, 15) is 13.5 Å². The Kier molecular flexibility index (Phi) is 4.26. The molecule has 4 N–H and O–H groups in total. The molecule has 0 radical (unpaired) electrons. The van der Waals surface area contributed by atoms with Gasteiger partial charge < -0.3 is 10.4 Å². The molecule has 0 aliphatic heterocycles. The standard InChI is InChI=1S/C14H16N2O3S/c15-20(18,19)10-12-1-5-13(6-2-12)16-9-11-3-7-14(17)8-4-11/h1-8,16-17H,9-10H2,(H2,15,18,19). The van der Waals surface area contributed by atoms with Crippen LogP contribution in [-0.4, -0.2) is 13.5 Å². The van der Waals surface area contributed by atoms with Crippen molar-refractivity contribution in [3.8, 4) is 5.75 Å². The molecular formula is C14H16N2O3S. The predicted octanol–water partition coefficient (Wildman–Crippen LogP) is 1.79. The minimum atomic E-state index is -3.49. The van der Waals surface area contributed by atoms with E-state index >= 15 is 0 Å². The number of nitrogens with two attached hydrogens (primary N) is 1. The van der Waals surface area contributed by atoms with E-state index in [1.54, 1.807) is 36.4 Å². The van der Waals surface area contributed by atoms with E-state index in [0.717, 1.165) is 11.3 Å². The smallest absolute Gasteiger partial charge is 0.213 e. The molecule has 0 unspecified atom stereocenters. The fourth-order valence-electron chi connectivity index (χ4n) is 1.77. The molecule has 0 bridgehead atoms. The molecule has 0 spiro atoms. The second kappa shape index (κ2) is 5.94. The van der Waals surface area contributed by atoms with E-state index in [1.165, 1.54) is 0 Å². The van der Waals surface area contributed by atoms with Gasteiger partial charge in [-0.15, -0.1) is 0 Å². The van der Waals surface area contributed by atoms with Gasteiger partial charge in [0.2, 0.25) is 10.0 Å². The van der Waals surface area contributed by atoms with Gasteiger partial charge in [0.25, 0.3) is 0 Å². The van der Waals surface area contributed by atoms with Crippen molar-refractivity contribution in [3.05, 3.63) is 59.7 Å². The monoisotopic (exact) mass is 292 g/mol. The molecular weight excluding hydrogens is 276 g/mol. The summed E-state index contributed by atoms with van der Waals surface area (Å²) in [6.07, 6.45) is 0. The predicted molar refractivity (Wildman–Crippen MR) is 78.7 cm³/mol. The molecule has 6 heteroatoms. The molecule has 0 saturated heterocycles. The largest absolute Gasteiger partial charge is 0.508 e. The summed E-state index contributed by atoms with van der Waals surface area (Å²) in [6.45, 7) is 0.620. The van der Waals surface area contributed by atoms with E-state index in [0.29, 0.717) is 12.1 Å². The molecule has 0 amide bonds. The highest BCUT2D eigenvalue weighted by molar-refractivity contribution is 7.88. The maximum absolute atomic E-state index is 11.0. The van der Waals surface area contributed by atoms with Crippen LogP contribution in [0.25, 0.3) is 0 Å². The molecule has 0 saturated carbocycles. The van der Waals surface area contributed by atoms with Crippen molar-refractivity contribution in [2.45, 2.75) is 12.3 Å². The number of nitrogens with one attached hydrogen (secondary N) is 1. The van der Waals surface area contributed by atoms with Crippen molar-refractivity contribution in [2.75, 3.05) is 5.32 Å². The lowest BCUT2D eigenvalue weighted by Gasteiger charge is -2.07. The van der Waals surface area contributed by atoms with Crippen molar-refractivity contribution in [1.82, 2.24) is 0 Å². The van der Waals surface area contributed by atoms with Crippen molar-refractivity contribution < 1.29 is 13.5 Å². The molecule has 0 aliphatic rings. The molecule has 2 rings (SSSR count). The lowest BCUT2D eigenvalue weighted by Crippen LogP contribution is -2.14. The van der Waals surface area contributed by atoms with Gasteiger partial charge in [0.05, 0.1) is 5.75 Å². The third kappa shape index (κ3) is 4.56. The van der Waals surface area contributed by atoms with Crippen molar-refractivity contribution in [3.63, 3.8) is 0 Å². The van der Waals surface area contributed by atoms with Gasteiger partial charge in [0.1, 0.15) is 5.75 Å². The molecule has 0 atom stereocenters. The molecule has 0 fully saturated rings. The first-order chi connectivity index (χ1) is 9.42. The average molecular weight is 292 g/mol. The average Bonchev–Trinajstić information content (AvgIpc) is 2.38. The number of phenolic OH excluding ortho intramolecular Hbond substituents is 1. The van der Waals surface area contributed by atoms with Crippen LogP contribution in [0.1, 0.15) is 11.1 Å². The van der Waals surface area contributed by atoms with E-state index < -0.39 is 10.0 Å². The molecule has 2 aromatic carbocycles. The highest BCUT2D eigenvalue weighted by atomic mass is 32.2. The van der Waals surface area contributed by atoms with Gasteiger partial charge in [-0.1, -0.05) is 24.3 Å². The summed E-state index contributed by atoms with van der Waals surface area (Å²) in [6, 6.07) is 14.0. The van der Waals surface area contributed by atoms with Crippen molar-refractivity contribution >= 4 is 15.7 Å². The summed E-state index contributed by atoms with van der Waals surface area (Å²) in [5, 5.41) is 17.4. The minimum Gasteiger partial charge on any atom is -0.508 e. The third-order valence-electron chi connectivity index (χ3n) is 2.75. The molecule has 0 heterocycles. The number of aromatic hydroxyl groups is 1. The number of hydrogen-bond acceptors (Lipinski definition) is 4. The van der Waals surface area contributed by atoms with Crippen molar-refractivity contribution in [2.24, 2.45) is 5.14 Å². The van der Waals surface area contributed by atoms with E-state index in [4.69, 9.17) is 5.14 Å². The zero-order valence-electron chi connectivity index (χ0n) is 10.8. The third-order valence-corrected chi connectivity index (χ3v) is 3.49. The van der Waals surface area contributed by atoms with Gasteiger partial charge in [-0.05, 0) is 35.4 Å². The number of phenols is 1. The quantitative estimate of drug-likeness (QED) is 0.783. The summed E-state index contributed by atoms with van der Waals surface area (Å²) < 4.78 is 21.9. The van der Waals surface area contributed by atoms with Gasteiger partial charge in [-0.25, -0.2) is 13.6 Å². The van der Waals surface area contributed by atoms with E-state index in [1.807, 2.05) is 12.1 Å². The summed E-state index contributed by atoms with van der Waals surface area (Å²) in [5.74, 6) is 0.0757. The van der Waals surface area contributed by atoms with E-state index in [2.05, 4.69) is 5.32 Å². The van der Waals surface area contributed by atoms with Crippen LogP contribution in [0.5, 0.6) is 5.75 Å². The lowest BCUT2D eigenvalue weighted by atomic mass is 10.2. The van der Waals surface area contributed by atoms with Gasteiger partial charge in [-0.2, -0.15) is 0 Å². The van der Waals surface area contributed by atoms with Crippen LogP contribution in [0.3, 0.4) is 0 Å². The van der Waals surface area contributed by atoms with Crippen LogP contribution in [0.15, 0.2) is 48.5 Å². The Hall–Kier alpha value is -2.05. The van der Waals surface area contributed by atoms with E-state index in [-0.39, 0.29) is 11.5 Å². The zero-order valence-corrected chi connectivity index (χ0v) is 11.6. The second-order valence-electron chi connectivity index (χ2n) is 4.52. The minimum absolute atomic E-state index is 0.161. The summed E-state index contributed by atoms with van der Waals surface area (Å²) >= 11 is 0. The summed E-state index contributed by atoms with van der Waals surface area (Å²) in [7, 11) is -3.49. The van der Waals surface area contributed by atoms with Crippen LogP contribution in [0, 0.1) is 0 Å². The number of sulfonamides is 1. The Morgan fingerprint density at radius 2 is 1.50 bits per heavy atom. The Labute approximate surface area is 118 Å². The topological polar surface area (TPSA) is 92.4 Å². The fraction of sp³-hybridized carbons (Fsp3) is 0.143. The summed E-state index contributed by atoms with van der Waals surface area (Å²) in [4.78, 5) is 0. The first-order valence-corrected chi connectivity index (χ1v) is 7.75. The van der Waals surface area contributed by atoms with Gasteiger partial charge in [0.15, 0.2) is 0 Å². The number of rotatable bonds is 5. The van der Waals surface area contributed by atoms with Crippen LogP contribution >= 0.6 is 0 Å². The first-order valence-electron chi connectivity index (χ1n) is 6.03. The SMILES string of the molecule is NS(=O)(=O)Cc1ccc(NCc2ccc(O)cc2)cc1. The van der Waals surface area contributed by atoms with Crippen LogP contribution in [0.2, 0.25) is 0 Å². The Morgan fingerprint density at radius 1 is 0.950 bits per heavy atom. The van der Waals surface area contributed by atoms with Gasteiger partial charge >= 0.3 is 0 Å². The second-order valence-corrected chi connectivity index (χ2v) is 6.14. The first kappa shape index (κ1) is 14.4. The summed E-state index contributed by atoms with van der Waals surface area (Å²) in [5.41, 5.74) is 2.58. The number of primary sulfonamides is 1. The van der Waals surface area contributed by atoms with Crippen LogP contribution in [0.4, 0.5) is 5.69 Å². The Morgan fingerprint density at radius 3 is 2.05 bits per heavy atom. The maximum Gasteiger partial charge on any atom is 0.213 e. The molecule has 20 heavy (non-hydrogen) atoms. The highest BCUT2D eigenvalue weighted by Gasteiger charge is 2.04. The van der Waals surface area contributed by atoms with Crippen molar-refractivity contribution in [1.29, 1.82) is 0 Å². The Bertz CT molecular complexity index is 665. The molecule has 5 nitrogen and oxygen atoms in total. The zero-order chi connectivity index (χ0) is 14.6. The Balaban J connectivity index is 1.95. The van der Waals surface area contributed by atoms with Gasteiger partial charge in [0, 0.05) is 12.2 Å². The molecule has 0 aliphatic carbocycles. The highest BCUT2D eigenvalue weighted by Crippen LogP contribution is 2.14. The molecule has 2 aromatic rings. The normalized spacial score (nSPS) is 11.2. The number of hydrogen-bond donors (Lipinski definition) is 3. The molecule has 106 valence electrons. The molecule has 0 aromatic heterocycles. The van der Waals surface area contributed by atoms with Crippen LogP contribution in [-0.2, 0) is 22.3 Å². The number of benzene rings is 2. The number of anilines is 1. The lowest BCUT2D eigenvalue weighted by molar-refractivity contribution is 0.475. The van der Waals surface area contributed by atoms with Crippen LogP contribution < -0.4 is 10.5 Å².